The fourth-order valence-corrected chi connectivity index (χ4v) is 5.12. The van der Waals surface area contributed by atoms with Crippen LogP contribution in [0.15, 0.2) is 42.5 Å². The van der Waals surface area contributed by atoms with Crippen LogP contribution in [-0.4, -0.2) is 79.1 Å². The first-order chi connectivity index (χ1) is 18.0. The largest absolute Gasteiger partial charge is 0.496 e. The minimum Gasteiger partial charge on any atom is -0.496 e. The Balaban J connectivity index is 1.30. The number of carbonyl (C=O) groups excluding carboxylic acids is 1. The summed E-state index contributed by atoms with van der Waals surface area (Å²) in [5.74, 6) is 2.05. The molecule has 2 aromatic carbocycles. The molecule has 0 N–H and O–H groups in total. The third-order valence-electron chi connectivity index (χ3n) is 7.32. The normalized spacial score (nSPS) is 16.6. The Labute approximate surface area is 216 Å². The van der Waals surface area contributed by atoms with Gasteiger partial charge in [-0.15, -0.1) is 10.2 Å². The van der Waals surface area contributed by atoms with Gasteiger partial charge in [0.1, 0.15) is 11.6 Å². The van der Waals surface area contributed by atoms with Gasteiger partial charge in [-0.3, -0.25) is 9.36 Å². The van der Waals surface area contributed by atoms with Crippen molar-refractivity contribution in [3.63, 3.8) is 0 Å². The van der Waals surface area contributed by atoms with Gasteiger partial charge >= 0.3 is 0 Å². The maximum Gasteiger partial charge on any atom is 0.231 e. The van der Waals surface area contributed by atoms with E-state index in [4.69, 9.17) is 9.47 Å². The fourth-order valence-electron chi connectivity index (χ4n) is 5.12. The summed E-state index contributed by atoms with van der Waals surface area (Å²) < 4.78 is 26.4. The van der Waals surface area contributed by atoms with E-state index < -0.39 is 0 Å². The molecule has 0 aliphatic carbocycles. The minimum atomic E-state index is -0.284. The fraction of sp³-hybridized carbons (Fsp3) is 0.444. The van der Waals surface area contributed by atoms with E-state index in [9.17, 15) is 9.18 Å². The first-order valence-corrected chi connectivity index (χ1v) is 12.6. The molecule has 5 rings (SSSR count). The summed E-state index contributed by atoms with van der Waals surface area (Å²) in [4.78, 5) is 19.0. The van der Waals surface area contributed by atoms with Crippen LogP contribution in [0.4, 0.5) is 21.7 Å². The van der Waals surface area contributed by atoms with Crippen molar-refractivity contribution in [3.8, 4) is 17.1 Å². The van der Waals surface area contributed by atoms with E-state index in [1.807, 2.05) is 40.6 Å². The van der Waals surface area contributed by atoms with Crippen molar-refractivity contribution in [1.29, 1.82) is 0 Å². The van der Waals surface area contributed by atoms with Crippen LogP contribution in [0.25, 0.3) is 11.4 Å². The van der Waals surface area contributed by atoms with Gasteiger partial charge in [-0.2, -0.15) is 0 Å². The highest BCUT2D eigenvalue weighted by Crippen LogP contribution is 2.36. The summed E-state index contributed by atoms with van der Waals surface area (Å²) in [5.41, 5.74) is 2.70. The van der Waals surface area contributed by atoms with Crippen LogP contribution in [0.3, 0.4) is 0 Å². The third kappa shape index (κ3) is 5.11. The number of carbonyl (C=O) groups is 1. The number of amides is 1. The number of hydrogen-bond acceptors (Lipinski definition) is 7. The van der Waals surface area contributed by atoms with E-state index in [0.29, 0.717) is 43.8 Å². The van der Waals surface area contributed by atoms with Crippen LogP contribution < -0.4 is 14.5 Å². The summed E-state index contributed by atoms with van der Waals surface area (Å²) >= 11 is 0. The lowest BCUT2D eigenvalue weighted by Gasteiger charge is -2.36. The quantitative estimate of drug-likeness (QED) is 0.505. The van der Waals surface area contributed by atoms with Gasteiger partial charge in [0.25, 0.3) is 0 Å². The number of anilines is 3. The van der Waals surface area contributed by atoms with Crippen LogP contribution in [0, 0.1) is 11.7 Å². The monoisotopic (exact) mass is 508 g/mol. The highest BCUT2D eigenvalue weighted by atomic mass is 19.1. The number of hydrogen-bond donors (Lipinski definition) is 0. The van der Waals surface area contributed by atoms with Crippen LogP contribution in [0.1, 0.15) is 12.8 Å². The van der Waals surface area contributed by atoms with Crippen molar-refractivity contribution < 1.29 is 18.7 Å². The van der Waals surface area contributed by atoms with Crippen molar-refractivity contribution in [3.05, 3.63) is 48.3 Å². The van der Waals surface area contributed by atoms with Crippen molar-refractivity contribution in [1.82, 2.24) is 19.7 Å². The predicted octanol–water partition coefficient (Wildman–Crippen LogP) is 3.47. The molecule has 2 fully saturated rings. The molecule has 10 heteroatoms. The van der Waals surface area contributed by atoms with E-state index in [0.717, 1.165) is 42.9 Å². The molecule has 3 heterocycles. The molecule has 0 spiro atoms. The van der Waals surface area contributed by atoms with E-state index in [1.54, 1.807) is 19.2 Å². The SMILES string of the molecule is COc1cc(N2CCC(C(=O)N3CCOCC3)CC2)ccc1-c1nnc(N(C)c2ccc(F)cc2)n1C. The number of morpholine rings is 1. The van der Waals surface area contributed by atoms with Gasteiger partial charge in [0.15, 0.2) is 5.82 Å². The van der Waals surface area contributed by atoms with Crippen molar-refractivity contribution >= 4 is 23.2 Å². The second-order valence-electron chi connectivity index (χ2n) is 9.50. The van der Waals surface area contributed by atoms with Gasteiger partial charge < -0.3 is 24.2 Å². The number of benzene rings is 2. The smallest absolute Gasteiger partial charge is 0.231 e. The Hall–Kier alpha value is -3.66. The molecule has 1 amide bonds. The van der Waals surface area contributed by atoms with Crippen molar-refractivity contribution in [2.75, 3.05) is 63.4 Å². The highest BCUT2D eigenvalue weighted by Gasteiger charge is 2.30. The third-order valence-corrected chi connectivity index (χ3v) is 7.32. The second-order valence-corrected chi connectivity index (χ2v) is 9.50. The molecule has 37 heavy (non-hydrogen) atoms. The topological polar surface area (TPSA) is 76.0 Å². The van der Waals surface area contributed by atoms with E-state index >= 15 is 0 Å². The maximum absolute atomic E-state index is 13.3. The second kappa shape index (κ2) is 10.8. The average Bonchev–Trinajstić information content (AvgIpc) is 3.33. The first-order valence-electron chi connectivity index (χ1n) is 12.6. The Bertz CT molecular complexity index is 1230. The van der Waals surface area contributed by atoms with Crippen molar-refractivity contribution in [2.24, 2.45) is 13.0 Å². The summed E-state index contributed by atoms with van der Waals surface area (Å²) in [7, 11) is 5.42. The number of ether oxygens (including phenoxy) is 2. The zero-order chi connectivity index (χ0) is 25.9. The number of piperidine rings is 1. The molecule has 2 aliphatic heterocycles. The lowest BCUT2D eigenvalue weighted by Crippen LogP contribution is -2.46. The average molecular weight is 509 g/mol. The Morgan fingerprint density at radius 1 is 1.05 bits per heavy atom. The van der Waals surface area contributed by atoms with E-state index in [1.165, 1.54) is 12.1 Å². The predicted molar refractivity (Wildman–Crippen MR) is 140 cm³/mol. The van der Waals surface area contributed by atoms with Crippen LogP contribution in [0.2, 0.25) is 0 Å². The number of methoxy groups -OCH3 is 1. The molecule has 2 saturated heterocycles. The molecule has 0 unspecified atom stereocenters. The summed E-state index contributed by atoms with van der Waals surface area (Å²) in [6.07, 6.45) is 1.67. The maximum atomic E-state index is 13.3. The molecule has 0 bridgehead atoms. The highest BCUT2D eigenvalue weighted by molar-refractivity contribution is 5.79. The Morgan fingerprint density at radius 2 is 1.76 bits per heavy atom. The summed E-state index contributed by atoms with van der Waals surface area (Å²) in [6.45, 7) is 4.29. The molecule has 9 nitrogen and oxygen atoms in total. The zero-order valence-electron chi connectivity index (χ0n) is 21.6. The standard InChI is InChI=1S/C27H33FN6O3/c1-31(21-6-4-20(28)5-7-21)27-30-29-25(32(27)2)23-9-8-22(18-24(23)36-3)33-12-10-19(11-13-33)26(35)34-14-16-37-17-15-34/h4-9,18-19H,10-17H2,1-3H3. The van der Waals surface area contributed by atoms with Gasteiger partial charge in [-0.25, -0.2) is 4.39 Å². The summed E-state index contributed by atoms with van der Waals surface area (Å²) in [5, 5.41) is 8.80. The molecule has 1 aromatic heterocycles. The molecule has 0 radical (unpaired) electrons. The van der Waals surface area contributed by atoms with Crippen LogP contribution in [0.5, 0.6) is 5.75 Å². The van der Waals surface area contributed by atoms with E-state index in [2.05, 4.69) is 21.2 Å². The molecule has 3 aromatic rings. The first kappa shape index (κ1) is 25.0. The minimum absolute atomic E-state index is 0.0747. The Morgan fingerprint density at radius 3 is 2.43 bits per heavy atom. The van der Waals surface area contributed by atoms with E-state index in [-0.39, 0.29) is 17.6 Å². The van der Waals surface area contributed by atoms with Gasteiger partial charge in [0.05, 0.1) is 25.9 Å². The van der Waals surface area contributed by atoms with Gasteiger partial charge in [0.2, 0.25) is 11.9 Å². The van der Waals surface area contributed by atoms with Gasteiger partial charge in [-0.05, 0) is 49.2 Å². The Kier molecular flexibility index (Phi) is 7.27. The molecular formula is C27H33FN6O3. The lowest BCUT2D eigenvalue weighted by molar-refractivity contribution is -0.140. The van der Waals surface area contributed by atoms with Crippen LogP contribution >= 0.6 is 0 Å². The number of aromatic nitrogens is 3. The zero-order valence-corrected chi connectivity index (χ0v) is 21.6. The van der Waals surface area contributed by atoms with Crippen molar-refractivity contribution in [2.45, 2.75) is 12.8 Å². The molecule has 0 saturated carbocycles. The molecule has 2 aliphatic rings. The molecule has 0 atom stereocenters. The van der Waals surface area contributed by atoms with Gasteiger partial charge in [-0.1, -0.05) is 0 Å². The van der Waals surface area contributed by atoms with Gasteiger partial charge in [0, 0.05) is 63.6 Å². The summed E-state index contributed by atoms with van der Waals surface area (Å²) in [6, 6.07) is 12.4. The molecular weight excluding hydrogens is 475 g/mol. The number of rotatable bonds is 6. The molecule has 196 valence electrons. The number of halogens is 1. The lowest BCUT2D eigenvalue weighted by atomic mass is 9.94. The van der Waals surface area contributed by atoms with Crippen LogP contribution in [-0.2, 0) is 16.6 Å². The number of nitrogens with zero attached hydrogens (tertiary/aromatic N) is 6.